The molecule has 0 saturated carbocycles. The fourth-order valence-corrected chi connectivity index (χ4v) is 5.21. The van der Waals surface area contributed by atoms with Gasteiger partial charge in [0.05, 0.1) is 41.4 Å². The van der Waals surface area contributed by atoms with Gasteiger partial charge in [0.1, 0.15) is 17.6 Å². The van der Waals surface area contributed by atoms with Crippen LogP contribution in [0.1, 0.15) is 35.0 Å². The van der Waals surface area contributed by atoms with E-state index in [9.17, 15) is 22.0 Å². The van der Waals surface area contributed by atoms with E-state index in [1.165, 1.54) is 19.2 Å². The molecule has 1 amide bonds. The Bertz CT molecular complexity index is 1430. The highest BCUT2D eigenvalue weighted by Crippen LogP contribution is 2.38. The van der Waals surface area contributed by atoms with Crippen LogP contribution in [0.3, 0.4) is 0 Å². The van der Waals surface area contributed by atoms with E-state index in [0.29, 0.717) is 17.7 Å². The van der Waals surface area contributed by atoms with Crippen LogP contribution in [0.2, 0.25) is 5.02 Å². The second kappa shape index (κ2) is 11.3. The lowest BCUT2D eigenvalue weighted by Gasteiger charge is -2.26. The van der Waals surface area contributed by atoms with Crippen molar-refractivity contribution in [3.05, 3.63) is 82.1 Å². The van der Waals surface area contributed by atoms with Crippen LogP contribution in [0.4, 0.5) is 20.2 Å². The van der Waals surface area contributed by atoms with E-state index in [1.54, 1.807) is 31.2 Å². The van der Waals surface area contributed by atoms with Gasteiger partial charge in [0.15, 0.2) is 11.5 Å². The first-order valence-corrected chi connectivity index (χ1v) is 12.6. The summed E-state index contributed by atoms with van der Waals surface area (Å²) in [5, 5.41) is 10.7. The maximum Gasteiger partial charge on any atom is 0.258 e. The van der Waals surface area contributed by atoms with Gasteiger partial charge < -0.3 is 10.1 Å². The molecule has 0 saturated heterocycles. The molecule has 3 aromatic rings. The quantitative estimate of drug-likeness (QED) is 0.418. The fraction of sp³-hybridized carbons (Fsp3) is 0.208. The number of sulfonamides is 1. The van der Waals surface area contributed by atoms with Gasteiger partial charge in [-0.2, -0.15) is 5.26 Å². The summed E-state index contributed by atoms with van der Waals surface area (Å²) in [6, 6.07) is 11.3. The summed E-state index contributed by atoms with van der Waals surface area (Å²) in [6.45, 7) is 1.56. The highest BCUT2D eigenvalue weighted by Gasteiger charge is 2.27. The van der Waals surface area contributed by atoms with Crippen molar-refractivity contribution in [2.24, 2.45) is 0 Å². The van der Waals surface area contributed by atoms with Crippen LogP contribution in [0.5, 0.6) is 5.75 Å². The number of aromatic nitrogens is 1. The van der Waals surface area contributed by atoms with Gasteiger partial charge in [-0.3, -0.25) is 9.10 Å². The minimum absolute atomic E-state index is 0.0782. The number of methoxy groups -OCH3 is 1. The van der Waals surface area contributed by atoms with Crippen LogP contribution in [0.25, 0.3) is 0 Å². The molecule has 0 fully saturated rings. The van der Waals surface area contributed by atoms with Crippen molar-refractivity contribution >= 4 is 38.9 Å². The number of ether oxygens (including phenoxy) is 1. The van der Waals surface area contributed by atoms with E-state index in [-0.39, 0.29) is 18.0 Å². The largest absolute Gasteiger partial charge is 0.497 e. The number of nitrogens with one attached hydrogen (secondary N) is 1. The number of pyridine rings is 1. The molecule has 1 aromatic heterocycles. The van der Waals surface area contributed by atoms with Crippen LogP contribution in [-0.2, 0) is 16.6 Å². The molecule has 36 heavy (non-hydrogen) atoms. The first kappa shape index (κ1) is 26.8. The average molecular weight is 535 g/mol. The highest BCUT2D eigenvalue weighted by molar-refractivity contribution is 7.92. The van der Waals surface area contributed by atoms with E-state index < -0.39 is 49.5 Å². The maximum absolute atomic E-state index is 14.7. The van der Waals surface area contributed by atoms with Crippen molar-refractivity contribution in [2.45, 2.75) is 19.9 Å². The monoisotopic (exact) mass is 534 g/mol. The third kappa shape index (κ3) is 5.72. The molecule has 1 heterocycles. The zero-order valence-electron chi connectivity index (χ0n) is 19.3. The summed E-state index contributed by atoms with van der Waals surface area (Å²) < 4.78 is 61.6. The first-order valence-electron chi connectivity index (χ1n) is 10.6. The Kier molecular flexibility index (Phi) is 8.45. The lowest BCUT2D eigenvalue weighted by Crippen LogP contribution is -2.33. The predicted molar refractivity (Wildman–Crippen MR) is 132 cm³/mol. The zero-order valence-corrected chi connectivity index (χ0v) is 20.8. The normalized spacial score (nSPS) is 11.0. The number of benzene rings is 2. The van der Waals surface area contributed by atoms with Gasteiger partial charge in [-0.15, -0.1) is 0 Å². The standard InChI is InChI=1S/C24H21ClF2N4O4S/c1-3-12-36(33,34)31(14-15-4-6-16(35-2)7-5-15)20-9-8-18(26)23(21(20)25)30-24(32)17-10-11-29-19(13-28)22(17)27/h4-11H,3,12,14H2,1-2H3,(H,30,32). The second-order valence-electron chi connectivity index (χ2n) is 7.51. The first-order chi connectivity index (χ1) is 17.1. The van der Waals surface area contributed by atoms with E-state index in [2.05, 4.69) is 10.3 Å². The van der Waals surface area contributed by atoms with Crippen LogP contribution in [0.15, 0.2) is 48.7 Å². The third-order valence-electron chi connectivity index (χ3n) is 5.10. The van der Waals surface area contributed by atoms with Crippen LogP contribution < -0.4 is 14.4 Å². The summed E-state index contributed by atoms with van der Waals surface area (Å²) in [5.41, 5.74) is -1.19. The summed E-state index contributed by atoms with van der Waals surface area (Å²) in [5.74, 6) is -2.88. The third-order valence-corrected chi connectivity index (χ3v) is 7.40. The lowest BCUT2D eigenvalue weighted by atomic mass is 10.1. The Morgan fingerprint density at radius 2 is 1.89 bits per heavy atom. The molecule has 2 aromatic carbocycles. The van der Waals surface area contributed by atoms with Gasteiger partial charge in [0.2, 0.25) is 10.0 Å². The Labute approximate surface area is 212 Å². The molecule has 188 valence electrons. The fourth-order valence-electron chi connectivity index (χ4n) is 3.32. The van der Waals surface area contributed by atoms with Crippen LogP contribution in [0, 0.1) is 23.0 Å². The number of nitrogens with zero attached hydrogens (tertiary/aromatic N) is 3. The molecule has 0 unspecified atom stereocenters. The van der Waals surface area contributed by atoms with Crippen LogP contribution >= 0.6 is 11.6 Å². The summed E-state index contributed by atoms with van der Waals surface area (Å²) in [4.78, 5) is 16.2. The Morgan fingerprint density at radius 1 is 1.19 bits per heavy atom. The van der Waals surface area contributed by atoms with Gasteiger partial charge in [-0.05, 0) is 42.3 Å². The number of carbonyl (C=O) groups is 1. The van der Waals surface area contributed by atoms with Crippen molar-refractivity contribution < 1.29 is 26.7 Å². The molecule has 0 spiro atoms. The molecule has 0 aliphatic rings. The topological polar surface area (TPSA) is 112 Å². The average Bonchev–Trinajstić information content (AvgIpc) is 2.86. The van der Waals surface area contributed by atoms with Crippen molar-refractivity contribution in [3.63, 3.8) is 0 Å². The number of hydrogen-bond donors (Lipinski definition) is 1. The highest BCUT2D eigenvalue weighted by atomic mass is 35.5. The van der Waals surface area contributed by atoms with E-state index >= 15 is 0 Å². The summed E-state index contributed by atoms with van der Waals surface area (Å²) >= 11 is 6.42. The number of amides is 1. The molecule has 3 rings (SSSR count). The van der Waals surface area contributed by atoms with E-state index in [4.69, 9.17) is 21.6 Å². The molecule has 1 N–H and O–H groups in total. The van der Waals surface area contributed by atoms with E-state index in [1.807, 2.05) is 0 Å². The number of carbonyl (C=O) groups excluding carboxylic acids is 1. The Morgan fingerprint density at radius 3 is 2.50 bits per heavy atom. The summed E-state index contributed by atoms with van der Waals surface area (Å²) in [6.07, 6.45) is 1.37. The van der Waals surface area contributed by atoms with E-state index in [0.717, 1.165) is 22.6 Å². The molecular formula is C24H21ClF2N4O4S. The van der Waals surface area contributed by atoms with Crippen molar-refractivity contribution in [2.75, 3.05) is 22.5 Å². The summed E-state index contributed by atoms with van der Waals surface area (Å²) in [7, 11) is -2.41. The minimum Gasteiger partial charge on any atom is -0.497 e. The van der Waals surface area contributed by atoms with Gasteiger partial charge in [-0.1, -0.05) is 30.7 Å². The molecule has 0 radical (unpaired) electrons. The molecule has 0 atom stereocenters. The zero-order chi connectivity index (χ0) is 26.5. The number of anilines is 2. The lowest BCUT2D eigenvalue weighted by molar-refractivity contribution is 0.102. The smallest absolute Gasteiger partial charge is 0.258 e. The van der Waals surface area contributed by atoms with Crippen LogP contribution in [-0.4, -0.2) is 32.2 Å². The van der Waals surface area contributed by atoms with Crippen molar-refractivity contribution in [1.82, 2.24) is 4.98 Å². The molecule has 0 bridgehead atoms. The van der Waals surface area contributed by atoms with Crippen molar-refractivity contribution in [1.29, 1.82) is 5.26 Å². The number of hydrogen-bond acceptors (Lipinski definition) is 6. The molecule has 0 aliphatic heterocycles. The molecular weight excluding hydrogens is 514 g/mol. The van der Waals surface area contributed by atoms with Crippen molar-refractivity contribution in [3.8, 4) is 11.8 Å². The molecule has 8 nitrogen and oxygen atoms in total. The van der Waals surface area contributed by atoms with Gasteiger partial charge in [-0.25, -0.2) is 22.2 Å². The van der Waals surface area contributed by atoms with Gasteiger partial charge >= 0.3 is 0 Å². The number of rotatable bonds is 9. The van der Waals surface area contributed by atoms with Gasteiger partial charge in [0.25, 0.3) is 5.91 Å². The number of nitriles is 1. The SMILES string of the molecule is CCCS(=O)(=O)N(Cc1ccc(OC)cc1)c1ccc(F)c(NC(=O)c2ccnc(C#N)c2F)c1Cl. The maximum atomic E-state index is 14.7. The Hall–Kier alpha value is -3.75. The molecule has 0 aliphatic carbocycles. The number of halogens is 3. The molecule has 12 heteroatoms. The van der Waals surface area contributed by atoms with Gasteiger partial charge in [0, 0.05) is 6.20 Å². The second-order valence-corrected chi connectivity index (χ2v) is 9.90. The Balaban J connectivity index is 2.05. The predicted octanol–water partition coefficient (Wildman–Crippen LogP) is 4.89. The minimum atomic E-state index is -3.91.